The molecule has 3 aromatic rings. The van der Waals surface area contributed by atoms with Gasteiger partial charge in [0.2, 0.25) is 0 Å². The first-order chi connectivity index (χ1) is 9.86. The summed E-state index contributed by atoms with van der Waals surface area (Å²) in [5.74, 6) is 0.558. The summed E-state index contributed by atoms with van der Waals surface area (Å²) in [5, 5.41) is 0. The molecular weight excluding hydrogens is 345 g/mol. The number of nitrogens with zero attached hydrogens (tertiary/aromatic N) is 1. The summed E-state index contributed by atoms with van der Waals surface area (Å²) in [4.78, 5) is 7.32. The molecule has 0 radical (unpaired) electrons. The molecule has 0 saturated carbocycles. The first-order valence-corrected chi connectivity index (χ1v) is 6.98. The number of alkyl halides is 3. The van der Waals surface area contributed by atoms with E-state index in [4.69, 9.17) is 0 Å². The fraction of sp³-hybridized carbons (Fsp3) is 0.133. The molecule has 108 valence electrons. The van der Waals surface area contributed by atoms with Gasteiger partial charge in [-0.1, -0.05) is 28.1 Å². The SMILES string of the molecule is Cc1c(Br)cccc1-c1nc2ccc(C(F)(F)F)cc2[nH]1. The zero-order valence-electron chi connectivity index (χ0n) is 10.9. The number of imidazole rings is 1. The van der Waals surface area contributed by atoms with Gasteiger partial charge < -0.3 is 4.98 Å². The minimum Gasteiger partial charge on any atom is -0.338 e. The van der Waals surface area contributed by atoms with Crippen LogP contribution in [0.5, 0.6) is 0 Å². The predicted octanol–water partition coefficient (Wildman–Crippen LogP) is 5.32. The lowest BCUT2D eigenvalue weighted by atomic mass is 10.1. The van der Waals surface area contributed by atoms with Gasteiger partial charge in [0.25, 0.3) is 0 Å². The second-order valence-corrected chi connectivity index (χ2v) is 5.58. The predicted molar refractivity (Wildman–Crippen MR) is 79.0 cm³/mol. The summed E-state index contributed by atoms with van der Waals surface area (Å²) in [5.41, 5.74) is 2.04. The largest absolute Gasteiger partial charge is 0.416 e. The normalized spacial score (nSPS) is 12.0. The van der Waals surface area contributed by atoms with Gasteiger partial charge in [0.05, 0.1) is 16.6 Å². The Morgan fingerprint density at radius 1 is 1.14 bits per heavy atom. The smallest absolute Gasteiger partial charge is 0.338 e. The van der Waals surface area contributed by atoms with Crippen molar-refractivity contribution in [1.29, 1.82) is 0 Å². The van der Waals surface area contributed by atoms with Gasteiger partial charge in [-0.3, -0.25) is 0 Å². The van der Waals surface area contributed by atoms with Crippen LogP contribution >= 0.6 is 15.9 Å². The highest BCUT2D eigenvalue weighted by molar-refractivity contribution is 9.10. The first-order valence-electron chi connectivity index (χ1n) is 6.19. The van der Waals surface area contributed by atoms with Crippen LogP contribution in [0, 0.1) is 6.92 Å². The molecule has 0 aliphatic rings. The van der Waals surface area contributed by atoms with Crippen LogP contribution in [0.1, 0.15) is 11.1 Å². The van der Waals surface area contributed by atoms with E-state index in [1.165, 1.54) is 6.07 Å². The van der Waals surface area contributed by atoms with Crippen molar-refractivity contribution < 1.29 is 13.2 Å². The van der Waals surface area contributed by atoms with Gasteiger partial charge in [-0.25, -0.2) is 4.98 Å². The van der Waals surface area contributed by atoms with Crippen molar-refractivity contribution in [3.05, 3.63) is 52.0 Å². The van der Waals surface area contributed by atoms with E-state index in [0.29, 0.717) is 16.9 Å². The highest BCUT2D eigenvalue weighted by atomic mass is 79.9. The summed E-state index contributed by atoms with van der Waals surface area (Å²) in [6.45, 7) is 1.92. The molecule has 0 bridgehead atoms. The Morgan fingerprint density at radius 3 is 2.62 bits per heavy atom. The van der Waals surface area contributed by atoms with Crippen molar-refractivity contribution in [3.8, 4) is 11.4 Å². The highest BCUT2D eigenvalue weighted by Crippen LogP contribution is 2.32. The van der Waals surface area contributed by atoms with Crippen LogP contribution in [0.2, 0.25) is 0 Å². The number of fused-ring (bicyclic) bond motifs is 1. The van der Waals surface area contributed by atoms with E-state index >= 15 is 0 Å². The zero-order valence-corrected chi connectivity index (χ0v) is 12.5. The second kappa shape index (κ2) is 4.87. The molecular formula is C15H10BrF3N2. The summed E-state index contributed by atoms with van der Waals surface area (Å²) in [7, 11) is 0. The molecule has 2 nitrogen and oxygen atoms in total. The fourth-order valence-electron chi connectivity index (χ4n) is 2.18. The van der Waals surface area contributed by atoms with Crippen LogP contribution in [-0.4, -0.2) is 9.97 Å². The van der Waals surface area contributed by atoms with Gasteiger partial charge in [-0.05, 0) is 36.8 Å². The van der Waals surface area contributed by atoms with Crippen LogP contribution in [0.3, 0.4) is 0 Å². The van der Waals surface area contributed by atoms with E-state index in [0.717, 1.165) is 27.7 Å². The van der Waals surface area contributed by atoms with Crippen LogP contribution in [0.15, 0.2) is 40.9 Å². The molecule has 21 heavy (non-hydrogen) atoms. The lowest BCUT2D eigenvalue weighted by Crippen LogP contribution is -2.04. The van der Waals surface area contributed by atoms with Gasteiger partial charge in [-0.15, -0.1) is 0 Å². The number of aromatic amines is 1. The van der Waals surface area contributed by atoms with E-state index < -0.39 is 11.7 Å². The fourth-order valence-corrected chi connectivity index (χ4v) is 2.54. The molecule has 0 spiro atoms. The number of hydrogen-bond acceptors (Lipinski definition) is 1. The monoisotopic (exact) mass is 354 g/mol. The standard InChI is InChI=1S/C15H10BrF3N2/c1-8-10(3-2-4-11(8)16)14-20-12-6-5-9(15(17,18)19)7-13(12)21-14/h2-7H,1H3,(H,20,21). The third kappa shape index (κ3) is 2.55. The topological polar surface area (TPSA) is 28.7 Å². The Hall–Kier alpha value is -1.82. The lowest BCUT2D eigenvalue weighted by Gasteiger charge is -2.05. The number of H-pyrrole nitrogens is 1. The lowest BCUT2D eigenvalue weighted by molar-refractivity contribution is -0.137. The average molecular weight is 355 g/mol. The summed E-state index contributed by atoms with van der Waals surface area (Å²) >= 11 is 3.43. The van der Waals surface area contributed by atoms with Crippen molar-refractivity contribution in [2.75, 3.05) is 0 Å². The Kier molecular flexibility index (Phi) is 3.28. The molecule has 0 fully saturated rings. The van der Waals surface area contributed by atoms with Crippen molar-refractivity contribution in [1.82, 2.24) is 9.97 Å². The van der Waals surface area contributed by atoms with Crippen molar-refractivity contribution in [2.24, 2.45) is 0 Å². The quantitative estimate of drug-likeness (QED) is 0.629. The van der Waals surface area contributed by atoms with Crippen LogP contribution in [0.25, 0.3) is 22.4 Å². The summed E-state index contributed by atoms with van der Waals surface area (Å²) in [6, 6.07) is 9.15. The van der Waals surface area contributed by atoms with E-state index in [-0.39, 0.29) is 0 Å². The number of rotatable bonds is 1. The molecule has 0 amide bonds. The molecule has 2 aromatic carbocycles. The van der Waals surface area contributed by atoms with Crippen LogP contribution in [-0.2, 0) is 6.18 Å². The van der Waals surface area contributed by atoms with Gasteiger partial charge >= 0.3 is 6.18 Å². The third-order valence-electron chi connectivity index (χ3n) is 3.33. The molecule has 3 rings (SSSR count). The van der Waals surface area contributed by atoms with Crippen molar-refractivity contribution in [3.63, 3.8) is 0 Å². The van der Waals surface area contributed by atoms with Gasteiger partial charge in [0.15, 0.2) is 0 Å². The van der Waals surface area contributed by atoms with Gasteiger partial charge in [-0.2, -0.15) is 13.2 Å². The number of hydrogen-bond donors (Lipinski definition) is 1. The van der Waals surface area contributed by atoms with Crippen molar-refractivity contribution in [2.45, 2.75) is 13.1 Å². The molecule has 1 heterocycles. The summed E-state index contributed by atoms with van der Waals surface area (Å²) < 4.78 is 39.1. The first kappa shape index (κ1) is 14.1. The number of benzene rings is 2. The Morgan fingerprint density at radius 2 is 1.90 bits per heavy atom. The minimum atomic E-state index is -4.36. The van der Waals surface area contributed by atoms with Crippen LogP contribution in [0.4, 0.5) is 13.2 Å². The maximum absolute atomic E-state index is 12.7. The molecule has 1 aromatic heterocycles. The molecule has 0 aliphatic carbocycles. The Bertz CT molecular complexity index is 821. The van der Waals surface area contributed by atoms with E-state index in [1.54, 1.807) is 0 Å². The Labute approximate surface area is 127 Å². The number of nitrogens with one attached hydrogen (secondary N) is 1. The molecule has 0 atom stereocenters. The van der Waals surface area contributed by atoms with E-state index in [1.807, 2.05) is 25.1 Å². The highest BCUT2D eigenvalue weighted by Gasteiger charge is 2.30. The van der Waals surface area contributed by atoms with Crippen LogP contribution < -0.4 is 0 Å². The third-order valence-corrected chi connectivity index (χ3v) is 4.19. The molecule has 0 saturated heterocycles. The summed E-state index contributed by atoms with van der Waals surface area (Å²) in [6.07, 6.45) is -4.36. The number of halogens is 4. The number of aromatic nitrogens is 2. The Balaban J connectivity index is 2.15. The van der Waals surface area contributed by atoms with E-state index in [9.17, 15) is 13.2 Å². The average Bonchev–Trinajstić information content (AvgIpc) is 2.83. The minimum absolute atomic E-state index is 0.374. The van der Waals surface area contributed by atoms with E-state index in [2.05, 4.69) is 25.9 Å². The molecule has 6 heteroatoms. The molecule has 1 N–H and O–H groups in total. The maximum atomic E-state index is 12.7. The second-order valence-electron chi connectivity index (χ2n) is 4.73. The zero-order chi connectivity index (χ0) is 15.2. The van der Waals surface area contributed by atoms with Gasteiger partial charge in [0.1, 0.15) is 5.82 Å². The maximum Gasteiger partial charge on any atom is 0.416 e. The van der Waals surface area contributed by atoms with Crippen molar-refractivity contribution >= 4 is 27.0 Å². The van der Waals surface area contributed by atoms with Gasteiger partial charge in [0, 0.05) is 10.0 Å². The molecule has 0 unspecified atom stereocenters. The molecule has 0 aliphatic heterocycles.